The Morgan fingerprint density at radius 3 is 2.59 bits per heavy atom. The minimum absolute atomic E-state index is 0.203. The van der Waals surface area contributed by atoms with E-state index >= 15 is 0 Å². The highest BCUT2D eigenvalue weighted by molar-refractivity contribution is 7.80. The number of carbonyl (C=O) groups excluding carboxylic acids is 1. The molecule has 17 heavy (non-hydrogen) atoms. The second kappa shape index (κ2) is 4.81. The van der Waals surface area contributed by atoms with Crippen molar-refractivity contribution in [3.63, 3.8) is 0 Å². The fourth-order valence-electron chi connectivity index (χ4n) is 2.51. The molecule has 3 nitrogen and oxygen atoms in total. The molecule has 1 saturated carbocycles. The zero-order valence-corrected chi connectivity index (χ0v) is 11.5. The summed E-state index contributed by atoms with van der Waals surface area (Å²) in [5.74, 6) is 1.08. The van der Waals surface area contributed by atoms with Crippen LogP contribution in [-0.4, -0.2) is 40.4 Å². The van der Waals surface area contributed by atoms with Gasteiger partial charge in [0.15, 0.2) is 0 Å². The lowest BCUT2D eigenvalue weighted by molar-refractivity contribution is -0.132. The lowest BCUT2D eigenvalue weighted by atomic mass is 9.98. The minimum Gasteiger partial charge on any atom is -0.390 e. The zero-order valence-electron chi connectivity index (χ0n) is 10.6. The third-order valence-electron chi connectivity index (χ3n) is 4.24. The van der Waals surface area contributed by atoms with Gasteiger partial charge in [0.2, 0.25) is 5.91 Å². The molecule has 1 amide bonds. The molecule has 1 atom stereocenters. The minimum atomic E-state index is -0.587. The van der Waals surface area contributed by atoms with E-state index in [1.165, 1.54) is 0 Å². The van der Waals surface area contributed by atoms with Crippen LogP contribution < -0.4 is 0 Å². The quantitative estimate of drug-likeness (QED) is 0.758. The summed E-state index contributed by atoms with van der Waals surface area (Å²) >= 11 is 4.34. The molecule has 1 aliphatic heterocycles. The van der Waals surface area contributed by atoms with Gasteiger partial charge in [0, 0.05) is 19.5 Å². The topological polar surface area (TPSA) is 40.5 Å². The van der Waals surface area contributed by atoms with Gasteiger partial charge in [-0.05, 0) is 50.2 Å². The number of aliphatic hydroxyl groups is 1. The first-order valence-corrected chi connectivity index (χ1v) is 7.21. The Bertz CT molecular complexity index is 300. The van der Waals surface area contributed by atoms with Crippen LogP contribution in [0.5, 0.6) is 0 Å². The van der Waals surface area contributed by atoms with Crippen molar-refractivity contribution in [1.29, 1.82) is 0 Å². The summed E-state index contributed by atoms with van der Waals surface area (Å²) in [6.45, 7) is 3.38. The average molecular weight is 257 g/mol. The van der Waals surface area contributed by atoms with Gasteiger partial charge in [-0.1, -0.05) is 0 Å². The molecule has 1 aliphatic carbocycles. The van der Waals surface area contributed by atoms with Gasteiger partial charge in [-0.15, -0.1) is 0 Å². The lowest BCUT2D eigenvalue weighted by Crippen LogP contribution is -2.35. The first-order valence-electron chi connectivity index (χ1n) is 6.57. The molecule has 1 heterocycles. The predicted octanol–water partition coefficient (Wildman–Crippen LogP) is 1.85. The van der Waals surface area contributed by atoms with Crippen LogP contribution in [0.4, 0.5) is 0 Å². The molecule has 1 saturated heterocycles. The highest BCUT2D eigenvalue weighted by Gasteiger charge is 2.44. The molecule has 0 spiro atoms. The molecular formula is C13H23NO2S. The van der Waals surface area contributed by atoms with Crippen LogP contribution in [0.3, 0.4) is 0 Å². The standard InChI is InChI=1S/C13H23NO2S/c1-12(16)3-2-7-14(8-6-12)11(15)9-13(10-17)4-5-13/h16-17H,2-10H2,1H3. The maximum atomic E-state index is 12.2. The zero-order chi connectivity index (χ0) is 12.5. The van der Waals surface area contributed by atoms with E-state index in [-0.39, 0.29) is 11.3 Å². The van der Waals surface area contributed by atoms with Gasteiger partial charge < -0.3 is 10.0 Å². The van der Waals surface area contributed by atoms with Crippen LogP contribution in [0, 0.1) is 5.41 Å². The van der Waals surface area contributed by atoms with Gasteiger partial charge in [0.05, 0.1) is 5.60 Å². The third-order valence-corrected chi connectivity index (χ3v) is 4.91. The molecule has 4 heteroatoms. The maximum absolute atomic E-state index is 12.2. The molecule has 1 unspecified atom stereocenters. The second-order valence-electron chi connectivity index (χ2n) is 6.07. The normalized spacial score (nSPS) is 32.1. The monoisotopic (exact) mass is 257 g/mol. The van der Waals surface area contributed by atoms with Gasteiger partial charge in [-0.3, -0.25) is 4.79 Å². The molecule has 98 valence electrons. The van der Waals surface area contributed by atoms with Crippen molar-refractivity contribution in [2.24, 2.45) is 5.41 Å². The molecule has 1 N–H and O–H groups in total. The van der Waals surface area contributed by atoms with Crippen molar-refractivity contribution in [2.45, 2.75) is 51.0 Å². The largest absolute Gasteiger partial charge is 0.390 e. The summed E-state index contributed by atoms with van der Waals surface area (Å²) < 4.78 is 0. The number of hydrogen-bond acceptors (Lipinski definition) is 3. The molecule has 0 aromatic rings. The second-order valence-corrected chi connectivity index (χ2v) is 6.38. The van der Waals surface area contributed by atoms with Crippen molar-refractivity contribution >= 4 is 18.5 Å². The molecule has 0 aromatic heterocycles. The molecule has 0 aromatic carbocycles. The molecule has 2 rings (SSSR count). The highest BCUT2D eigenvalue weighted by Crippen LogP contribution is 2.49. The first-order chi connectivity index (χ1) is 7.96. The number of likely N-dealkylation sites (tertiary alicyclic amines) is 1. The molecule has 2 fully saturated rings. The summed E-state index contributed by atoms with van der Waals surface area (Å²) in [5, 5.41) is 9.99. The summed E-state index contributed by atoms with van der Waals surface area (Å²) in [6, 6.07) is 0. The van der Waals surface area contributed by atoms with E-state index in [1.807, 2.05) is 11.8 Å². The predicted molar refractivity (Wildman–Crippen MR) is 71.2 cm³/mol. The van der Waals surface area contributed by atoms with Crippen molar-refractivity contribution in [3.05, 3.63) is 0 Å². The summed E-state index contributed by atoms with van der Waals surface area (Å²) in [5.41, 5.74) is -0.384. The van der Waals surface area contributed by atoms with Crippen LogP contribution >= 0.6 is 12.6 Å². The van der Waals surface area contributed by atoms with Gasteiger partial charge in [-0.25, -0.2) is 0 Å². The van der Waals surface area contributed by atoms with E-state index in [0.717, 1.165) is 38.0 Å². The molecular weight excluding hydrogens is 234 g/mol. The van der Waals surface area contributed by atoms with Crippen LogP contribution in [0.2, 0.25) is 0 Å². The van der Waals surface area contributed by atoms with Crippen LogP contribution in [-0.2, 0) is 4.79 Å². The van der Waals surface area contributed by atoms with Crippen LogP contribution in [0.1, 0.15) is 45.4 Å². The summed E-state index contributed by atoms with van der Waals surface area (Å²) in [6.07, 6.45) is 5.36. The lowest BCUT2D eigenvalue weighted by Gasteiger charge is -2.24. The smallest absolute Gasteiger partial charge is 0.223 e. The SMILES string of the molecule is CC1(O)CCCN(C(=O)CC2(CS)CC2)CC1. The van der Waals surface area contributed by atoms with E-state index < -0.39 is 5.60 Å². The van der Waals surface area contributed by atoms with Crippen LogP contribution in [0.15, 0.2) is 0 Å². The molecule has 0 radical (unpaired) electrons. The van der Waals surface area contributed by atoms with E-state index in [9.17, 15) is 9.90 Å². The van der Waals surface area contributed by atoms with Gasteiger partial charge in [0.25, 0.3) is 0 Å². The van der Waals surface area contributed by atoms with Gasteiger partial charge >= 0.3 is 0 Å². The number of thiol groups is 1. The highest BCUT2D eigenvalue weighted by atomic mass is 32.1. The van der Waals surface area contributed by atoms with Crippen molar-refractivity contribution in [2.75, 3.05) is 18.8 Å². The van der Waals surface area contributed by atoms with Crippen molar-refractivity contribution in [1.82, 2.24) is 4.90 Å². The van der Waals surface area contributed by atoms with E-state index in [4.69, 9.17) is 0 Å². The Balaban J connectivity index is 1.87. The number of carbonyl (C=O) groups is 1. The van der Waals surface area contributed by atoms with Crippen molar-refractivity contribution in [3.8, 4) is 0 Å². The number of nitrogens with zero attached hydrogens (tertiary/aromatic N) is 1. The van der Waals surface area contributed by atoms with E-state index in [2.05, 4.69) is 12.6 Å². The number of amides is 1. The Hall–Kier alpha value is -0.220. The fourth-order valence-corrected chi connectivity index (χ4v) is 2.94. The fraction of sp³-hybridized carbons (Fsp3) is 0.923. The molecule has 0 bridgehead atoms. The summed E-state index contributed by atoms with van der Waals surface area (Å²) in [4.78, 5) is 14.1. The maximum Gasteiger partial charge on any atom is 0.223 e. The van der Waals surface area contributed by atoms with Gasteiger partial charge in [-0.2, -0.15) is 12.6 Å². The molecule has 2 aliphatic rings. The Morgan fingerprint density at radius 1 is 1.29 bits per heavy atom. The third kappa shape index (κ3) is 3.38. The van der Waals surface area contributed by atoms with E-state index in [0.29, 0.717) is 19.4 Å². The van der Waals surface area contributed by atoms with E-state index in [1.54, 1.807) is 0 Å². The van der Waals surface area contributed by atoms with Gasteiger partial charge in [0.1, 0.15) is 0 Å². The summed E-state index contributed by atoms with van der Waals surface area (Å²) in [7, 11) is 0. The van der Waals surface area contributed by atoms with Crippen molar-refractivity contribution < 1.29 is 9.90 Å². The Kier molecular flexibility index (Phi) is 3.74. The first kappa shape index (κ1) is 13.2. The average Bonchev–Trinajstić information content (AvgIpc) is 3.04. The Morgan fingerprint density at radius 2 is 2.00 bits per heavy atom. The van der Waals surface area contributed by atoms with Crippen LogP contribution in [0.25, 0.3) is 0 Å². The number of rotatable bonds is 3. The number of hydrogen-bond donors (Lipinski definition) is 2. The Labute approximate surface area is 109 Å².